The van der Waals surface area contributed by atoms with Crippen molar-refractivity contribution in [1.29, 1.82) is 0 Å². The van der Waals surface area contributed by atoms with Crippen LogP contribution in [0.3, 0.4) is 0 Å². The van der Waals surface area contributed by atoms with E-state index in [2.05, 4.69) is 15.5 Å². The van der Waals surface area contributed by atoms with Gasteiger partial charge in [-0.1, -0.05) is 36.5 Å². The number of nitrogens with one attached hydrogen (secondary N) is 2. The van der Waals surface area contributed by atoms with Crippen LogP contribution in [0.4, 0.5) is 13.2 Å². The average Bonchev–Trinajstić information content (AvgIpc) is 2.85. The lowest BCUT2D eigenvalue weighted by molar-refractivity contribution is 0.0950. The summed E-state index contributed by atoms with van der Waals surface area (Å²) in [4.78, 5) is 15.6. The zero-order chi connectivity index (χ0) is 26.7. The molecule has 0 aliphatic carbocycles. The lowest BCUT2D eigenvalue weighted by Gasteiger charge is -2.36. The van der Waals surface area contributed by atoms with Gasteiger partial charge in [0.15, 0.2) is 0 Å². The molecule has 3 rings (SSSR count). The molecule has 11 heteroatoms. The molecule has 0 spiro atoms. The Morgan fingerprint density at radius 1 is 1.19 bits per heavy atom. The highest BCUT2D eigenvalue weighted by Gasteiger charge is 2.24. The number of alkyl halides is 2. The molecule has 200 valence electrons. The summed E-state index contributed by atoms with van der Waals surface area (Å²) in [7, 11) is 0.728. The number of halogens is 5. The van der Waals surface area contributed by atoms with Gasteiger partial charge in [-0.05, 0) is 62.3 Å². The first-order chi connectivity index (χ1) is 17.2. The van der Waals surface area contributed by atoms with E-state index in [1.807, 2.05) is 14.0 Å². The largest absolute Gasteiger partial charge is 0.348 e. The van der Waals surface area contributed by atoms with E-state index < -0.39 is 29.5 Å². The highest BCUT2D eigenvalue weighted by molar-refractivity contribution is 7.85. The molecule has 0 aromatic heterocycles. The molecule has 1 aliphatic rings. The maximum atomic E-state index is 15.0. The zero-order valence-corrected chi connectivity index (χ0v) is 22.7. The lowest BCUT2D eigenvalue weighted by atomic mass is 10.0. The van der Waals surface area contributed by atoms with E-state index in [4.69, 9.17) is 23.2 Å². The molecule has 2 unspecified atom stereocenters. The van der Waals surface area contributed by atoms with Gasteiger partial charge in [0, 0.05) is 57.5 Å². The van der Waals surface area contributed by atoms with Crippen molar-refractivity contribution < 1.29 is 22.2 Å². The number of nitrogens with zero attached hydrogens (tertiary/aromatic N) is 1. The molecule has 2 aromatic rings. The van der Waals surface area contributed by atoms with Crippen molar-refractivity contribution in [2.45, 2.75) is 50.2 Å². The van der Waals surface area contributed by atoms with E-state index >= 15 is 4.39 Å². The van der Waals surface area contributed by atoms with E-state index in [0.717, 1.165) is 25.9 Å². The Balaban J connectivity index is 0.00000145. The second-order valence-corrected chi connectivity index (χ2v) is 10.8. The Morgan fingerprint density at radius 2 is 1.92 bits per heavy atom. The maximum Gasteiger partial charge on any atom is 0.251 e. The first kappa shape index (κ1) is 30.6. The van der Waals surface area contributed by atoms with E-state index in [0.29, 0.717) is 39.4 Å². The van der Waals surface area contributed by atoms with Crippen LogP contribution in [0.1, 0.15) is 47.7 Å². The minimum absolute atomic E-state index is 0.126. The Bertz CT molecular complexity index is 1020. The molecule has 0 saturated carbocycles. The number of hydrogen-bond donors (Lipinski definition) is 2. The molecule has 2 aromatic carbocycles. The van der Waals surface area contributed by atoms with Crippen molar-refractivity contribution in [2.24, 2.45) is 0 Å². The standard InChI is InChI=1S/C24H30Cl2FN3O2S.CH2F2/c1-3-33(32)23-8-7-18(25)10-17(23)13-29-24(31)16-11-21(26)20(22(27)12-16)15-30-9-5-4-6-19(30)14-28-2;2-1-3/h7-8,10-12,19,28H,3-6,9,13-15H2,1-2H3,(H,29,31);1H2. The van der Waals surface area contributed by atoms with Crippen LogP contribution in [0.2, 0.25) is 10.0 Å². The first-order valence-electron chi connectivity index (χ1n) is 11.7. The van der Waals surface area contributed by atoms with Gasteiger partial charge in [-0.15, -0.1) is 0 Å². The number of likely N-dealkylation sites (tertiary alicyclic amines) is 1. The van der Waals surface area contributed by atoms with Gasteiger partial charge in [-0.25, -0.2) is 13.2 Å². The van der Waals surface area contributed by atoms with Crippen LogP contribution < -0.4 is 10.6 Å². The highest BCUT2D eigenvalue weighted by Crippen LogP contribution is 2.27. The number of likely N-dealkylation sites (N-methyl/N-ethyl adjacent to an activating group) is 1. The van der Waals surface area contributed by atoms with Crippen LogP contribution in [-0.4, -0.2) is 53.9 Å². The van der Waals surface area contributed by atoms with Crippen molar-refractivity contribution >= 4 is 39.9 Å². The zero-order valence-electron chi connectivity index (χ0n) is 20.4. The number of benzene rings is 2. The Labute approximate surface area is 223 Å². The summed E-state index contributed by atoms with van der Waals surface area (Å²) in [6, 6.07) is 8.14. The predicted molar refractivity (Wildman–Crippen MR) is 140 cm³/mol. The third kappa shape index (κ3) is 8.73. The molecule has 2 atom stereocenters. The molecule has 1 aliphatic heterocycles. The van der Waals surface area contributed by atoms with Crippen LogP contribution in [0.15, 0.2) is 35.2 Å². The normalized spacial score (nSPS) is 16.7. The molecule has 0 bridgehead atoms. The fraction of sp³-hybridized carbons (Fsp3) is 0.480. The predicted octanol–water partition coefficient (Wildman–Crippen LogP) is 5.65. The minimum Gasteiger partial charge on any atom is -0.348 e. The second kappa shape index (κ2) is 15.6. The van der Waals surface area contributed by atoms with Crippen molar-refractivity contribution in [3.05, 3.63) is 62.9 Å². The molecule has 5 nitrogen and oxygen atoms in total. The SMILES string of the molecule is CCS(=O)c1ccc(Cl)cc1CNC(=O)c1cc(F)c(CN2CCCCC2CNC)c(Cl)c1.FCF. The molecule has 1 saturated heterocycles. The van der Waals surface area contributed by atoms with E-state index in [-0.39, 0.29) is 17.1 Å². The lowest BCUT2D eigenvalue weighted by Crippen LogP contribution is -2.44. The summed E-state index contributed by atoms with van der Waals surface area (Å²) < 4.78 is 46.6. The Morgan fingerprint density at radius 3 is 2.56 bits per heavy atom. The van der Waals surface area contributed by atoms with Gasteiger partial charge >= 0.3 is 0 Å². The molecule has 1 heterocycles. The van der Waals surface area contributed by atoms with Crippen molar-refractivity contribution in [3.8, 4) is 0 Å². The van der Waals surface area contributed by atoms with E-state index in [1.165, 1.54) is 18.6 Å². The summed E-state index contributed by atoms with van der Waals surface area (Å²) in [5.41, 5.74) is 1.22. The molecule has 2 N–H and O–H groups in total. The fourth-order valence-corrected chi connectivity index (χ4v) is 5.58. The molecule has 0 radical (unpaired) electrons. The summed E-state index contributed by atoms with van der Waals surface area (Å²) in [6.45, 7) is 2.35. The summed E-state index contributed by atoms with van der Waals surface area (Å²) in [6.07, 6.45) is 3.31. The van der Waals surface area contributed by atoms with Gasteiger partial charge in [-0.3, -0.25) is 13.9 Å². The van der Waals surface area contributed by atoms with Gasteiger partial charge in [0.1, 0.15) is 5.82 Å². The summed E-state index contributed by atoms with van der Waals surface area (Å²) in [5, 5.41) is 6.70. The van der Waals surface area contributed by atoms with Crippen molar-refractivity contribution in [2.75, 3.05) is 32.8 Å². The average molecular weight is 567 g/mol. The van der Waals surface area contributed by atoms with Crippen LogP contribution in [-0.2, 0) is 23.9 Å². The molecular formula is C25H32Cl2F3N3O2S. The number of piperidine rings is 1. The van der Waals surface area contributed by atoms with E-state index in [9.17, 15) is 17.8 Å². The minimum atomic E-state index is -1.75. The molecule has 1 amide bonds. The maximum absolute atomic E-state index is 15.0. The van der Waals surface area contributed by atoms with Gasteiger partial charge in [0.25, 0.3) is 5.91 Å². The summed E-state index contributed by atoms with van der Waals surface area (Å²) >= 11 is 12.5. The number of rotatable bonds is 9. The number of amides is 1. The third-order valence-corrected chi connectivity index (χ3v) is 7.91. The van der Waals surface area contributed by atoms with Crippen LogP contribution in [0.25, 0.3) is 0 Å². The van der Waals surface area contributed by atoms with Gasteiger partial charge in [-0.2, -0.15) is 0 Å². The van der Waals surface area contributed by atoms with E-state index in [1.54, 1.807) is 18.2 Å². The molecule has 1 fully saturated rings. The quantitative estimate of drug-likeness (QED) is 0.412. The number of carbonyl (C=O) groups excluding carboxylic acids is 1. The monoisotopic (exact) mass is 565 g/mol. The second-order valence-electron chi connectivity index (χ2n) is 8.27. The fourth-order valence-electron chi connectivity index (χ4n) is 4.16. The highest BCUT2D eigenvalue weighted by atomic mass is 35.5. The van der Waals surface area contributed by atoms with Crippen molar-refractivity contribution in [1.82, 2.24) is 15.5 Å². The Kier molecular flexibility index (Phi) is 13.2. The van der Waals surface area contributed by atoms with Gasteiger partial charge in [0.05, 0.1) is 10.8 Å². The molecule has 36 heavy (non-hydrogen) atoms. The number of hydrogen-bond acceptors (Lipinski definition) is 4. The Hall–Kier alpha value is -1.65. The third-order valence-electron chi connectivity index (χ3n) is 5.92. The van der Waals surface area contributed by atoms with Crippen LogP contribution in [0, 0.1) is 5.82 Å². The van der Waals surface area contributed by atoms with Gasteiger partial charge < -0.3 is 10.6 Å². The smallest absolute Gasteiger partial charge is 0.251 e. The van der Waals surface area contributed by atoms with Gasteiger partial charge in [0.2, 0.25) is 6.93 Å². The first-order valence-corrected chi connectivity index (χ1v) is 13.8. The molecular weight excluding hydrogens is 534 g/mol. The number of carbonyl (C=O) groups is 1. The topological polar surface area (TPSA) is 61.4 Å². The summed E-state index contributed by atoms with van der Waals surface area (Å²) in [5.74, 6) is -0.490. The van der Waals surface area contributed by atoms with Crippen LogP contribution >= 0.6 is 23.2 Å². The van der Waals surface area contributed by atoms with Crippen molar-refractivity contribution in [3.63, 3.8) is 0 Å². The van der Waals surface area contributed by atoms with Crippen LogP contribution in [0.5, 0.6) is 0 Å².